The van der Waals surface area contributed by atoms with Gasteiger partial charge in [0.2, 0.25) is 0 Å². The summed E-state index contributed by atoms with van der Waals surface area (Å²) in [6, 6.07) is 8.48. The Kier molecular flexibility index (Phi) is 3.89. The van der Waals surface area contributed by atoms with Gasteiger partial charge in [-0.25, -0.2) is 4.98 Å². The zero-order chi connectivity index (χ0) is 13.9. The molecule has 0 atom stereocenters. The third-order valence-electron chi connectivity index (χ3n) is 3.23. The molecule has 1 aliphatic rings. The Balaban J connectivity index is 1.81. The SMILES string of the molecule is Cc1ccc(Sc2nccc(=O)[nH]2)c(CNC2CC2)c1. The van der Waals surface area contributed by atoms with Crippen molar-refractivity contribution in [1.82, 2.24) is 15.3 Å². The molecule has 1 saturated carbocycles. The van der Waals surface area contributed by atoms with E-state index in [1.807, 2.05) is 0 Å². The van der Waals surface area contributed by atoms with Gasteiger partial charge in [0.1, 0.15) is 0 Å². The minimum absolute atomic E-state index is 0.118. The summed E-state index contributed by atoms with van der Waals surface area (Å²) in [6.45, 7) is 2.96. The molecule has 20 heavy (non-hydrogen) atoms. The largest absolute Gasteiger partial charge is 0.310 e. The average molecular weight is 287 g/mol. The smallest absolute Gasteiger partial charge is 0.251 e. The third kappa shape index (κ3) is 3.49. The fourth-order valence-electron chi connectivity index (χ4n) is 2.00. The molecule has 0 aliphatic heterocycles. The van der Waals surface area contributed by atoms with Crippen LogP contribution >= 0.6 is 11.8 Å². The topological polar surface area (TPSA) is 57.8 Å². The van der Waals surface area contributed by atoms with Crippen LogP contribution in [-0.4, -0.2) is 16.0 Å². The van der Waals surface area contributed by atoms with Gasteiger partial charge in [0.05, 0.1) is 0 Å². The lowest BCUT2D eigenvalue weighted by atomic mass is 10.1. The van der Waals surface area contributed by atoms with Crippen LogP contribution in [0.1, 0.15) is 24.0 Å². The molecule has 3 rings (SSSR count). The maximum absolute atomic E-state index is 11.3. The van der Waals surface area contributed by atoms with E-state index in [2.05, 4.69) is 40.4 Å². The first-order valence-corrected chi connectivity index (χ1v) is 7.58. The summed E-state index contributed by atoms with van der Waals surface area (Å²) in [5.74, 6) is 0. The fourth-order valence-corrected chi connectivity index (χ4v) is 2.87. The number of H-pyrrole nitrogens is 1. The second kappa shape index (κ2) is 5.81. The summed E-state index contributed by atoms with van der Waals surface area (Å²) in [5.41, 5.74) is 2.39. The van der Waals surface area contributed by atoms with Gasteiger partial charge in [-0.3, -0.25) is 4.79 Å². The van der Waals surface area contributed by atoms with E-state index in [1.165, 1.54) is 48.0 Å². The molecule has 4 nitrogen and oxygen atoms in total. The molecule has 1 fully saturated rings. The normalized spacial score (nSPS) is 14.4. The van der Waals surface area contributed by atoms with Crippen molar-refractivity contribution in [2.45, 2.75) is 42.4 Å². The van der Waals surface area contributed by atoms with Crippen LogP contribution in [0.15, 0.2) is 45.3 Å². The Bertz CT molecular complexity index is 664. The number of nitrogens with zero attached hydrogens (tertiary/aromatic N) is 1. The van der Waals surface area contributed by atoms with Crippen LogP contribution in [0.2, 0.25) is 0 Å². The Morgan fingerprint density at radius 2 is 2.25 bits per heavy atom. The minimum Gasteiger partial charge on any atom is -0.310 e. The Labute approximate surface area is 122 Å². The molecule has 1 aromatic carbocycles. The summed E-state index contributed by atoms with van der Waals surface area (Å²) in [5, 5.41) is 4.17. The Hall–Kier alpha value is -1.59. The number of aromatic amines is 1. The van der Waals surface area contributed by atoms with Gasteiger partial charge in [0.15, 0.2) is 5.16 Å². The lowest BCUT2D eigenvalue weighted by molar-refractivity contribution is 0.680. The number of aromatic nitrogens is 2. The summed E-state index contributed by atoms with van der Waals surface area (Å²) in [4.78, 5) is 19.4. The summed E-state index contributed by atoms with van der Waals surface area (Å²) in [6.07, 6.45) is 4.10. The summed E-state index contributed by atoms with van der Waals surface area (Å²) >= 11 is 1.50. The number of hydrogen-bond acceptors (Lipinski definition) is 4. The zero-order valence-electron chi connectivity index (χ0n) is 11.3. The highest BCUT2D eigenvalue weighted by Gasteiger charge is 2.20. The second-order valence-electron chi connectivity index (χ2n) is 5.11. The van der Waals surface area contributed by atoms with Gasteiger partial charge >= 0.3 is 0 Å². The standard InChI is InChI=1S/C15H17N3OS/c1-10-2-5-13(11(8-10)9-17-12-3-4-12)20-15-16-7-6-14(19)18-15/h2,5-8,12,17H,3-4,9H2,1H3,(H,16,18,19). The van der Waals surface area contributed by atoms with Gasteiger partial charge in [-0.05, 0) is 31.4 Å². The molecular weight excluding hydrogens is 270 g/mol. The number of aryl methyl sites for hydroxylation is 1. The van der Waals surface area contributed by atoms with Crippen molar-refractivity contribution in [2.24, 2.45) is 0 Å². The van der Waals surface area contributed by atoms with Gasteiger partial charge in [-0.2, -0.15) is 0 Å². The second-order valence-corrected chi connectivity index (χ2v) is 6.14. The molecule has 1 aromatic heterocycles. The third-order valence-corrected chi connectivity index (χ3v) is 4.25. The molecule has 0 saturated heterocycles. The molecule has 1 heterocycles. The van der Waals surface area contributed by atoms with E-state index < -0.39 is 0 Å². The van der Waals surface area contributed by atoms with Crippen LogP contribution in [0.25, 0.3) is 0 Å². The van der Waals surface area contributed by atoms with E-state index in [-0.39, 0.29) is 5.56 Å². The van der Waals surface area contributed by atoms with Crippen molar-refractivity contribution in [3.05, 3.63) is 51.9 Å². The quantitative estimate of drug-likeness (QED) is 0.830. The number of benzene rings is 1. The van der Waals surface area contributed by atoms with Gasteiger partial charge in [0.25, 0.3) is 5.56 Å². The van der Waals surface area contributed by atoms with Gasteiger partial charge in [-0.15, -0.1) is 0 Å². The van der Waals surface area contributed by atoms with E-state index in [0.717, 1.165) is 11.4 Å². The average Bonchev–Trinajstić information content (AvgIpc) is 3.23. The lowest BCUT2D eigenvalue weighted by Crippen LogP contribution is -2.16. The van der Waals surface area contributed by atoms with Gasteiger partial charge < -0.3 is 10.3 Å². The van der Waals surface area contributed by atoms with Crippen molar-refractivity contribution in [3.63, 3.8) is 0 Å². The molecule has 1 aliphatic carbocycles. The van der Waals surface area contributed by atoms with E-state index in [1.54, 1.807) is 0 Å². The Morgan fingerprint density at radius 3 is 3.00 bits per heavy atom. The highest BCUT2D eigenvalue weighted by Crippen LogP contribution is 2.29. The predicted octanol–water partition coefficient (Wildman–Crippen LogP) is 2.48. The molecule has 2 N–H and O–H groups in total. The molecule has 104 valence electrons. The first-order chi connectivity index (χ1) is 9.70. The molecule has 0 radical (unpaired) electrons. The first-order valence-electron chi connectivity index (χ1n) is 6.77. The van der Waals surface area contributed by atoms with Gasteiger partial charge in [0, 0.05) is 29.7 Å². The van der Waals surface area contributed by atoms with Crippen LogP contribution in [0, 0.1) is 6.92 Å². The maximum Gasteiger partial charge on any atom is 0.251 e. The molecule has 0 amide bonds. The monoisotopic (exact) mass is 287 g/mol. The highest BCUT2D eigenvalue weighted by molar-refractivity contribution is 7.99. The van der Waals surface area contributed by atoms with Crippen LogP contribution < -0.4 is 10.9 Å². The van der Waals surface area contributed by atoms with Crippen LogP contribution in [0.5, 0.6) is 0 Å². The number of hydrogen-bond donors (Lipinski definition) is 2. The summed E-state index contributed by atoms with van der Waals surface area (Å²) < 4.78 is 0. The molecular formula is C15H17N3OS. The van der Waals surface area contributed by atoms with Crippen molar-refractivity contribution in [1.29, 1.82) is 0 Å². The van der Waals surface area contributed by atoms with E-state index in [0.29, 0.717) is 11.2 Å². The predicted molar refractivity (Wildman–Crippen MR) is 80.0 cm³/mol. The Morgan fingerprint density at radius 1 is 1.40 bits per heavy atom. The van der Waals surface area contributed by atoms with Crippen LogP contribution in [0.4, 0.5) is 0 Å². The van der Waals surface area contributed by atoms with Crippen LogP contribution in [-0.2, 0) is 6.54 Å². The minimum atomic E-state index is -0.118. The molecule has 0 spiro atoms. The van der Waals surface area contributed by atoms with Gasteiger partial charge in [-0.1, -0.05) is 29.5 Å². The van der Waals surface area contributed by atoms with E-state index >= 15 is 0 Å². The molecule has 0 unspecified atom stereocenters. The molecule has 2 aromatic rings. The molecule has 5 heteroatoms. The van der Waals surface area contributed by atoms with Crippen molar-refractivity contribution < 1.29 is 0 Å². The first kappa shape index (κ1) is 13.4. The fraction of sp³-hybridized carbons (Fsp3) is 0.333. The highest BCUT2D eigenvalue weighted by atomic mass is 32.2. The lowest BCUT2D eigenvalue weighted by Gasteiger charge is -2.10. The van der Waals surface area contributed by atoms with Crippen molar-refractivity contribution >= 4 is 11.8 Å². The van der Waals surface area contributed by atoms with Crippen molar-refractivity contribution in [3.8, 4) is 0 Å². The van der Waals surface area contributed by atoms with Crippen LogP contribution in [0.3, 0.4) is 0 Å². The van der Waals surface area contributed by atoms with E-state index in [4.69, 9.17) is 0 Å². The number of rotatable bonds is 5. The zero-order valence-corrected chi connectivity index (χ0v) is 12.2. The van der Waals surface area contributed by atoms with E-state index in [9.17, 15) is 4.79 Å². The maximum atomic E-state index is 11.3. The van der Waals surface area contributed by atoms with Crippen molar-refractivity contribution in [2.75, 3.05) is 0 Å². The molecule has 0 bridgehead atoms. The number of nitrogens with one attached hydrogen (secondary N) is 2. The summed E-state index contributed by atoms with van der Waals surface area (Å²) in [7, 11) is 0.